The lowest BCUT2D eigenvalue weighted by molar-refractivity contribution is -0.143. The Morgan fingerprint density at radius 1 is 1.35 bits per heavy atom. The maximum Gasteiger partial charge on any atom is 0.311 e. The molecule has 1 unspecified atom stereocenters. The Labute approximate surface area is 101 Å². The maximum atomic E-state index is 12.1. The van der Waals surface area contributed by atoms with E-state index in [0.717, 1.165) is 25.8 Å². The molecule has 1 saturated carbocycles. The number of carbonyl (C=O) groups excluding carboxylic acids is 1. The van der Waals surface area contributed by atoms with E-state index in [9.17, 15) is 9.59 Å². The van der Waals surface area contributed by atoms with Gasteiger partial charge in [0.2, 0.25) is 5.91 Å². The fourth-order valence-electron chi connectivity index (χ4n) is 2.50. The lowest BCUT2D eigenvalue weighted by Crippen LogP contribution is -2.54. The van der Waals surface area contributed by atoms with Crippen LogP contribution in [0.15, 0.2) is 0 Å². The first-order chi connectivity index (χ1) is 8.05. The summed E-state index contributed by atoms with van der Waals surface area (Å²) in [5.41, 5.74) is -1.14. The molecule has 0 aromatic heterocycles. The van der Waals surface area contributed by atoms with Gasteiger partial charge in [0.25, 0.3) is 0 Å². The Kier molecular flexibility index (Phi) is 3.12. The van der Waals surface area contributed by atoms with Crippen LogP contribution in [0.3, 0.4) is 0 Å². The summed E-state index contributed by atoms with van der Waals surface area (Å²) in [6.07, 6.45) is 3.95. The summed E-state index contributed by atoms with van der Waals surface area (Å²) in [4.78, 5) is 23.1. The first-order valence-electron chi connectivity index (χ1n) is 6.31. The molecule has 1 atom stereocenters. The van der Waals surface area contributed by atoms with Crippen molar-refractivity contribution in [1.29, 1.82) is 0 Å². The number of hydrogen-bond acceptors (Lipinski definition) is 3. The Bertz CT molecular complexity index is 331. The van der Waals surface area contributed by atoms with Gasteiger partial charge in [-0.2, -0.15) is 0 Å². The van der Waals surface area contributed by atoms with Gasteiger partial charge in [0.15, 0.2) is 0 Å². The quantitative estimate of drug-likeness (QED) is 0.654. The standard InChI is InChI=1S/C12H20N2O3/c1-2-12(4-3-7-14-12)9(15)13-8-11(5-6-11)10(16)17/h14H,2-8H2,1H3,(H,13,15)(H,16,17). The molecule has 17 heavy (non-hydrogen) atoms. The molecule has 1 amide bonds. The van der Waals surface area contributed by atoms with Crippen molar-refractivity contribution in [1.82, 2.24) is 10.6 Å². The van der Waals surface area contributed by atoms with Crippen LogP contribution in [0.5, 0.6) is 0 Å². The molecule has 1 aliphatic carbocycles. The second-order valence-electron chi connectivity index (χ2n) is 5.23. The zero-order valence-electron chi connectivity index (χ0n) is 10.2. The fraction of sp³-hybridized carbons (Fsp3) is 0.833. The van der Waals surface area contributed by atoms with E-state index in [0.29, 0.717) is 12.8 Å². The van der Waals surface area contributed by atoms with Gasteiger partial charge in [0, 0.05) is 6.54 Å². The zero-order chi connectivity index (χ0) is 12.5. The first-order valence-corrected chi connectivity index (χ1v) is 6.31. The van der Waals surface area contributed by atoms with E-state index < -0.39 is 16.9 Å². The first kappa shape index (κ1) is 12.4. The molecule has 1 heterocycles. The Morgan fingerprint density at radius 3 is 2.47 bits per heavy atom. The normalized spacial score (nSPS) is 29.9. The van der Waals surface area contributed by atoms with Crippen molar-refractivity contribution in [3.05, 3.63) is 0 Å². The third kappa shape index (κ3) is 2.16. The molecule has 2 aliphatic rings. The number of carboxylic acids is 1. The van der Waals surface area contributed by atoms with E-state index in [-0.39, 0.29) is 12.5 Å². The Morgan fingerprint density at radius 2 is 2.06 bits per heavy atom. The SMILES string of the molecule is CCC1(C(=O)NCC2(C(=O)O)CC2)CCCN1. The average Bonchev–Trinajstić information content (AvgIpc) is 2.96. The van der Waals surface area contributed by atoms with Crippen LogP contribution in [-0.2, 0) is 9.59 Å². The van der Waals surface area contributed by atoms with Crippen molar-refractivity contribution in [2.24, 2.45) is 5.41 Å². The van der Waals surface area contributed by atoms with Gasteiger partial charge in [-0.05, 0) is 38.6 Å². The summed E-state index contributed by atoms with van der Waals surface area (Å²) in [6, 6.07) is 0. The van der Waals surface area contributed by atoms with Crippen LogP contribution < -0.4 is 10.6 Å². The van der Waals surface area contributed by atoms with Crippen LogP contribution in [0.25, 0.3) is 0 Å². The molecule has 0 radical (unpaired) electrons. The molecule has 1 saturated heterocycles. The molecule has 3 N–H and O–H groups in total. The fourth-order valence-corrected chi connectivity index (χ4v) is 2.50. The molecule has 2 fully saturated rings. The van der Waals surface area contributed by atoms with E-state index in [1.807, 2.05) is 6.92 Å². The molecule has 0 aromatic rings. The summed E-state index contributed by atoms with van der Waals surface area (Å²) >= 11 is 0. The summed E-state index contributed by atoms with van der Waals surface area (Å²) in [5, 5.41) is 15.1. The smallest absolute Gasteiger partial charge is 0.311 e. The number of rotatable bonds is 5. The predicted molar refractivity (Wildman–Crippen MR) is 62.6 cm³/mol. The summed E-state index contributed by atoms with van der Waals surface area (Å²) in [7, 11) is 0. The molecule has 2 rings (SSSR count). The number of amides is 1. The Hall–Kier alpha value is -1.10. The number of carbonyl (C=O) groups is 2. The topological polar surface area (TPSA) is 78.4 Å². The van der Waals surface area contributed by atoms with Crippen LogP contribution in [0.4, 0.5) is 0 Å². The Balaban J connectivity index is 1.91. The minimum Gasteiger partial charge on any atom is -0.481 e. The van der Waals surface area contributed by atoms with Crippen LogP contribution in [0, 0.1) is 5.41 Å². The second-order valence-corrected chi connectivity index (χ2v) is 5.23. The molecule has 1 aliphatic heterocycles. The second kappa shape index (κ2) is 4.29. The third-order valence-corrected chi connectivity index (χ3v) is 4.18. The van der Waals surface area contributed by atoms with Crippen LogP contribution in [0.1, 0.15) is 39.0 Å². The van der Waals surface area contributed by atoms with Gasteiger partial charge in [0.05, 0.1) is 11.0 Å². The van der Waals surface area contributed by atoms with Crippen molar-refractivity contribution in [3.63, 3.8) is 0 Å². The van der Waals surface area contributed by atoms with Gasteiger partial charge in [-0.25, -0.2) is 0 Å². The highest BCUT2D eigenvalue weighted by molar-refractivity contribution is 5.87. The maximum absolute atomic E-state index is 12.1. The molecule has 5 heteroatoms. The van der Waals surface area contributed by atoms with E-state index in [4.69, 9.17) is 5.11 Å². The van der Waals surface area contributed by atoms with Gasteiger partial charge in [0.1, 0.15) is 0 Å². The molecule has 96 valence electrons. The summed E-state index contributed by atoms with van der Waals surface area (Å²) < 4.78 is 0. The molecule has 0 aromatic carbocycles. The van der Waals surface area contributed by atoms with Gasteiger partial charge in [-0.1, -0.05) is 6.92 Å². The number of carboxylic acid groups (broad SMARTS) is 1. The third-order valence-electron chi connectivity index (χ3n) is 4.18. The van der Waals surface area contributed by atoms with Crippen LogP contribution in [0.2, 0.25) is 0 Å². The molecule has 5 nitrogen and oxygen atoms in total. The van der Waals surface area contributed by atoms with Crippen LogP contribution >= 0.6 is 0 Å². The molecule has 0 bridgehead atoms. The number of nitrogens with one attached hydrogen (secondary N) is 2. The van der Waals surface area contributed by atoms with Gasteiger partial charge >= 0.3 is 5.97 Å². The minimum absolute atomic E-state index is 0.0370. The molecule has 0 spiro atoms. The lowest BCUT2D eigenvalue weighted by Gasteiger charge is -2.27. The molecular weight excluding hydrogens is 220 g/mol. The minimum atomic E-state index is -0.789. The number of aliphatic carboxylic acids is 1. The van der Waals surface area contributed by atoms with Crippen molar-refractivity contribution in [2.75, 3.05) is 13.1 Å². The molecular formula is C12H20N2O3. The van der Waals surface area contributed by atoms with Crippen molar-refractivity contribution < 1.29 is 14.7 Å². The van der Waals surface area contributed by atoms with Crippen molar-refractivity contribution in [2.45, 2.75) is 44.6 Å². The predicted octanol–water partition coefficient (Wildman–Crippen LogP) is 0.500. The van der Waals surface area contributed by atoms with Gasteiger partial charge in [-0.15, -0.1) is 0 Å². The number of hydrogen-bond donors (Lipinski definition) is 3. The lowest BCUT2D eigenvalue weighted by atomic mass is 9.93. The summed E-state index contributed by atoms with van der Waals surface area (Å²) in [6.45, 7) is 3.12. The van der Waals surface area contributed by atoms with Crippen molar-refractivity contribution in [3.8, 4) is 0 Å². The van der Waals surface area contributed by atoms with E-state index in [1.165, 1.54) is 0 Å². The van der Waals surface area contributed by atoms with Crippen LogP contribution in [-0.4, -0.2) is 35.6 Å². The van der Waals surface area contributed by atoms with E-state index >= 15 is 0 Å². The highest BCUT2D eigenvalue weighted by Crippen LogP contribution is 2.45. The highest BCUT2D eigenvalue weighted by Gasteiger charge is 2.51. The monoisotopic (exact) mass is 240 g/mol. The van der Waals surface area contributed by atoms with Gasteiger partial charge < -0.3 is 15.7 Å². The average molecular weight is 240 g/mol. The zero-order valence-corrected chi connectivity index (χ0v) is 10.2. The van der Waals surface area contributed by atoms with E-state index in [2.05, 4.69) is 10.6 Å². The summed E-state index contributed by atoms with van der Waals surface area (Å²) in [5.74, 6) is -0.826. The largest absolute Gasteiger partial charge is 0.481 e. The van der Waals surface area contributed by atoms with Crippen molar-refractivity contribution >= 4 is 11.9 Å². The van der Waals surface area contributed by atoms with E-state index in [1.54, 1.807) is 0 Å². The highest BCUT2D eigenvalue weighted by atomic mass is 16.4. The van der Waals surface area contributed by atoms with Gasteiger partial charge in [-0.3, -0.25) is 9.59 Å².